The molecule has 0 aliphatic carbocycles. The maximum atomic E-state index is 13.6. The predicted molar refractivity (Wildman–Crippen MR) is 104 cm³/mol. The van der Waals surface area contributed by atoms with Gasteiger partial charge < -0.3 is 10.2 Å². The average molecular weight is 443 g/mol. The van der Waals surface area contributed by atoms with E-state index in [0.717, 1.165) is 30.7 Å². The second kappa shape index (κ2) is 8.41. The highest BCUT2D eigenvalue weighted by Crippen LogP contribution is 2.27. The fourth-order valence-corrected chi connectivity index (χ4v) is 2.89. The van der Waals surface area contributed by atoms with Gasteiger partial charge >= 0.3 is 0 Å². The molecule has 0 radical (unpaired) electrons. The first-order chi connectivity index (χ1) is 11.2. The maximum Gasteiger partial charge on any atom is 0.198 e. The van der Waals surface area contributed by atoms with Crippen LogP contribution in [-0.4, -0.2) is 26.1 Å². The summed E-state index contributed by atoms with van der Waals surface area (Å²) < 4.78 is 26.6. The Morgan fingerprint density at radius 3 is 2.75 bits per heavy atom. The third-order valence-corrected chi connectivity index (χ3v) is 4.05. The van der Waals surface area contributed by atoms with Gasteiger partial charge in [-0.2, -0.15) is 0 Å². The molecule has 128 valence electrons. The summed E-state index contributed by atoms with van der Waals surface area (Å²) in [7, 11) is 1.74. The normalized spacial score (nSPS) is 13.5. The van der Waals surface area contributed by atoms with E-state index in [1.165, 1.54) is 17.7 Å². The molecule has 0 saturated carbocycles. The van der Waals surface area contributed by atoms with Crippen LogP contribution in [0.5, 0.6) is 0 Å². The number of nitrogens with zero attached hydrogens (tertiary/aromatic N) is 2. The Morgan fingerprint density at radius 2 is 2.00 bits per heavy atom. The van der Waals surface area contributed by atoms with E-state index in [1.807, 2.05) is 12.1 Å². The van der Waals surface area contributed by atoms with Gasteiger partial charge in [-0.1, -0.05) is 24.3 Å². The molecule has 0 amide bonds. The zero-order valence-corrected chi connectivity index (χ0v) is 15.8. The zero-order chi connectivity index (χ0) is 16.2. The summed E-state index contributed by atoms with van der Waals surface area (Å²) in [5.41, 5.74) is 2.96. The minimum Gasteiger partial charge on any atom is -0.356 e. The van der Waals surface area contributed by atoms with Crippen LogP contribution in [0, 0.1) is 11.6 Å². The molecule has 2 aromatic rings. The number of halogens is 3. The number of hydrogen-bond donors (Lipinski definition) is 1. The van der Waals surface area contributed by atoms with Crippen molar-refractivity contribution in [2.75, 3.05) is 25.0 Å². The standard InChI is InChI=1S/C18H19F2N3.HI/c1-21-18(23-11-9-14-4-2-3-5-17(14)23)22-10-8-13-6-7-15(19)12-16(13)20;/h2-7,12H,8-11H2,1H3,(H,21,22);1H. The topological polar surface area (TPSA) is 27.6 Å². The minimum absolute atomic E-state index is 0. The van der Waals surface area contributed by atoms with E-state index in [9.17, 15) is 8.78 Å². The van der Waals surface area contributed by atoms with E-state index in [4.69, 9.17) is 0 Å². The van der Waals surface area contributed by atoms with E-state index in [1.54, 1.807) is 7.05 Å². The number of rotatable bonds is 3. The average Bonchev–Trinajstić information content (AvgIpc) is 2.97. The second-order valence-corrected chi connectivity index (χ2v) is 5.49. The van der Waals surface area contributed by atoms with Crippen LogP contribution < -0.4 is 10.2 Å². The molecule has 1 aliphatic rings. The molecular formula is C18H20F2IN3. The van der Waals surface area contributed by atoms with Crippen molar-refractivity contribution in [1.82, 2.24) is 5.32 Å². The van der Waals surface area contributed by atoms with E-state index >= 15 is 0 Å². The largest absolute Gasteiger partial charge is 0.356 e. The molecule has 0 fully saturated rings. The lowest BCUT2D eigenvalue weighted by Gasteiger charge is -2.22. The van der Waals surface area contributed by atoms with Gasteiger partial charge in [-0.05, 0) is 36.1 Å². The van der Waals surface area contributed by atoms with Gasteiger partial charge in [0.05, 0.1) is 0 Å². The summed E-state index contributed by atoms with van der Waals surface area (Å²) in [5.74, 6) is -0.283. The van der Waals surface area contributed by atoms with Crippen LogP contribution in [0.25, 0.3) is 0 Å². The maximum absolute atomic E-state index is 13.6. The number of benzene rings is 2. The Labute approximate surface area is 157 Å². The number of anilines is 1. The molecule has 2 aromatic carbocycles. The van der Waals surface area contributed by atoms with Gasteiger partial charge in [-0.15, -0.1) is 24.0 Å². The fourth-order valence-electron chi connectivity index (χ4n) is 2.89. The molecule has 0 bridgehead atoms. The van der Waals surface area contributed by atoms with Crippen LogP contribution in [-0.2, 0) is 12.8 Å². The quantitative estimate of drug-likeness (QED) is 0.445. The van der Waals surface area contributed by atoms with Crippen LogP contribution in [0.3, 0.4) is 0 Å². The Morgan fingerprint density at radius 1 is 1.21 bits per heavy atom. The summed E-state index contributed by atoms with van der Waals surface area (Å²) in [6.45, 7) is 1.41. The number of fused-ring (bicyclic) bond motifs is 1. The molecule has 1 aliphatic heterocycles. The van der Waals surface area contributed by atoms with Crippen molar-refractivity contribution >= 4 is 35.6 Å². The van der Waals surface area contributed by atoms with E-state index < -0.39 is 11.6 Å². The molecule has 1 heterocycles. The van der Waals surface area contributed by atoms with Gasteiger partial charge in [-0.25, -0.2) is 8.78 Å². The zero-order valence-electron chi connectivity index (χ0n) is 13.4. The minimum atomic E-state index is -0.552. The second-order valence-electron chi connectivity index (χ2n) is 5.49. The molecule has 0 atom stereocenters. The molecule has 24 heavy (non-hydrogen) atoms. The molecule has 3 nitrogen and oxygen atoms in total. The van der Waals surface area contributed by atoms with Crippen molar-refractivity contribution in [3.8, 4) is 0 Å². The van der Waals surface area contributed by atoms with Crippen LogP contribution >= 0.6 is 24.0 Å². The number of hydrogen-bond acceptors (Lipinski definition) is 1. The van der Waals surface area contributed by atoms with Crippen molar-refractivity contribution in [1.29, 1.82) is 0 Å². The van der Waals surface area contributed by atoms with Crippen molar-refractivity contribution in [2.24, 2.45) is 4.99 Å². The van der Waals surface area contributed by atoms with Crippen LogP contribution in [0.1, 0.15) is 11.1 Å². The highest BCUT2D eigenvalue weighted by Gasteiger charge is 2.22. The molecule has 3 rings (SSSR count). The Kier molecular flexibility index (Phi) is 6.53. The number of aliphatic imine (C=N–C) groups is 1. The van der Waals surface area contributed by atoms with Crippen LogP contribution in [0.15, 0.2) is 47.5 Å². The van der Waals surface area contributed by atoms with Gasteiger partial charge in [0.2, 0.25) is 0 Å². The molecule has 0 unspecified atom stereocenters. The van der Waals surface area contributed by atoms with Gasteiger partial charge in [0.25, 0.3) is 0 Å². The van der Waals surface area contributed by atoms with Crippen LogP contribution in [0.2, 0.25) is 0 Å². The van der Waals surface area contributed by atoms with Crippen molar-refractivity contribution in [3.05, 3.63) is 65.2 Å². The Balaban J connectivity index is 0.00000208. The van der Waals surface area contributed by atoms with Crippen molar-refractivity contribution < 1.29 is 8.78 Å². The first-order valence-corrected chi connectivity index (χ1v) is 7.69. The smallest absolute Gasteiger partial charge is 0.198 e. The van der Waals surface area contributed by atoms with Crippen molar-refractivity contribution in [3.63, 3.8) is 0 Å². The molecule has 6 heteroatoms. The number of nitrogens with one attached hydrogen (secondary N) is 1. The van der Waals surface area contributed by atoms with Gasteiger partial charge in [0, 0.05) is 31.9 Å². The third-order valence-electron chi connectivity index (χ3n) is 4.05. The molecule has 1 N–H and O–H groups in total. The Bertz CT molecular complexity index is 734. The van der Waals surface area contributed by atoms with Gasteiger partial charge in [0.1, 0.15) is 11.6 Å². The highest BCUT2D eigenvalue weighted by molar-refractivity contribution is 14.0. The monoisotopic (exact) mass is 443 g/mol. The lowest BCUT2D eigenvalue weighted by Crippen LogP contribution is -2.41. The molecule has 0 spiro atoms. The van der Waals surface area contributed by atoms with E-state index in [0.29, 0.717) is 18.5 Å². The molecular weight excluding hydrogens is 423 g/mol. The van der Waals surface area contributed by atoms with E-state index in [2.05, 4.69) is 27.3 Å². The summed E-state index contributed by atoms with van der Waals surface area (Å²) in [6, 6.07) is 11.9. The fraction of sp³-hybridized carbons (Fsp3) is 0.278. The van der Waals surface area contributed by atoms with E-state index in [-0.39, 0.29) is 24.0 Å². The first-order valence-electron chi connectivity index (χ1n) is 7.69. The summed E-state index contributed by atoms with van der Waals surface area (Å²) in [5, 5.41) is 3.26. The van der Waals surface area contributed by atoms with Crippen molar-refractivity contribution in [2.45, 2.75) is 12.8 Å². The molecule has 0 aromatic heterocycles. The summed E-state index contributed by atoms with van der Waals surface area (Å²) >= 11 is 0. The first kappa shape index (κ1) is 18.6. The van der Waals surface area contributed by atoms with Gasteiger partial charge in [0.15, 0.2) is 5.96 Å². The number of para-hydroxylation sites is 1. The number of guanidine groups is 1. The lowest BCUT2D eigenvalue weighted by atomic mass is 10.1. The van der Waals surface area contributed by atoms with Crippen LogP contribution in [0.4, 0.5) is 14.5 Å². The Hall–Kier alpha value is -1.70. The lowest BCUT2D eigenvalue weighted by molar-refractivity contribution is 0.570. The third kappa shape index (κ3) is 4.03. The highest BCUT2D eigenvalue weighted by atomic mass is 127. The van der Waals surface area contributed by atoms with Gasteiger partial charge in [-0.3, -0.25) is 4.99 Å². The predicted octanol–water partition coefficient (Wildman–Crippen LogP) is 3.76. The summed E-state index contributed by atoms with van der Waals surface area (Å²) in [4.78, 5) is 6.45. The molecule has 0 saturated heterocycles. The SMILES string of the molecule is CN=C(NCCc1ccc(F)cc1F)N1CCc2ccccc21.I. The summed E-state index contributed by atoms with van der Waals surface area (Å²) in [6.07, 6.45) is 1.46.